The zero-order chi connectivity index (χ0) is 21.1. The Morgan fingerprint density at radius 1 is 1.00 bits per heavy atom. The molecule has 28 heavy (non-hydrogen) atoms. The third-order valence-electron chi connectivity index (χ3n) is 4.22. The van der Waals surface area contributed by atoms with Gasteiger partial charge >= 0.3 is 0 Å². The van der Waals surface area contributed by atoms with E-state index in [1.807, 2.05) is 6.92 Å². The second kappa shape index (κ2) is 8.32. The van der Waals surface area contributed by atoms with Crippen molar-refractivity contribution in [2.45, 2.75) is 31.2 Å². The van der Waals surface area contributed by atoms with Gasteiger partial charge in [0.15, 0.2) is 9.84 Å². The number of anilines is 1. The van der Waals surface area contributed by atoms with Gasteiger partial charge in [-0.2, -0.15) is 0 Å². The summed E-state index contributed by atoms with van der Waals surface area (Å²) in [4.78, 5) is 12.9. The van der Waals surface area contributed by atoms with Crippen LogP contribution in [0.5, 0.6) is 0 Å². The normalized spacial score (nSPS) is 13.0. The minimum absolute atomic E-state index is 0.215. The lowest BCUT2D eigenvalue weighted by atomic mass is 10.0. The SMILES string of the molecule is CCC(NC(=O)c1ccc(C)c(NS(C)(=O)=O)c1)c1ccc(S(C)(=O)=O)cc1. The molecule has 152 valence electrons. The molecule has 0 aliphatic heterocycles. The Kier molecular flexibility index (Phi) is 6.51. The van der Waals surface area contributed by atoms with E-state index in [1.165, 1.54) is 18.2 Å². The maximum atomic E-state index is 12.7. The molecule has 2 N–H and O–H groups in total. The summed E-state index contributed by atoms with van der Waals surface area (Å²) in [6, 6.07) is 10.9. The van der Waals surface area contributed by atoms with Crippen LogP contribution in [0.4, 0.5) is 5.69 Å². The molecule has 7 nitrogen and oxygen atoms in total. The highest BCUT2D eigenvalue weighted by Gasteiger charge is 2.17. The van der Waals surface area contributed by atoms with Crippen molar-refractivity contribution in [2.24, 2.45) is 0 Å². The summed E-state index contributed by atoms with van der Waals surface area (Å²) in [5.41, 5.74) is 2.15. The van der Waals surface area contributed by atoms with Crippen LogP contribution in [0.25, 0.3) is 0 Å². The molecule has 9 heteroatoms. The summed E-state index contributed by atoms with van der Waals surface area (Å²) < 4.78 is 48.5. The minimum Gasteiger partial charge on any atom is -0.345 e. The first-order valence-corrected chi connectivity index (χ1v) is 12.4. The summed E-state index contributed by atoms with van der Waals surface area (Å²) in [6.45, 7) is 3.65. The van der Waals surface area contributed by atoms with Crippen molar-refractivity contribution >= 4 is 31.5 Å². The molecule has 0 bridgehead atoms. The monoisotopic (exact) mass is 424 g/mol. The van der Waals surface area contributed by atoms with E-state index in [0.29, 0.717) is 23.2 Å². The second-order valence-corrected chi connectivity index (χ2v) is 10.4. The van der Waals surface area contributed by atoms with Gasteiger partial charge in [0.05, 0.1) is 22.9 Å². The molecule has 2 aromatic carbocycles. The maximum absolute atomic E-state index is 12.7. The number of carbonyl (C=O) groups excluding carboxylic acids is 1. The Morgan fingerprint density at radius 3 is 2.11 bits per heavy atom. The Balaban J connectivity index is 2.23. The average Bonchev–Trinajstić information content (AvgIpc) is 2.59. The Hall–Kier alpha value is -2.39. The number of hydrogen-bond acceptors (Lipinski definition) is 5. The first-order chi connectivity index (χ1) is 12.9. The number of aryl methyl sites for hydroxylation is 1. The van der Waals surface area contributed by atoms with Gasteiger partial charge in [0.1, 0.15) is 0 Å². The molecule has 0 saturated carbocycles. The smallest absolute Gasteiger partial charge is 0.251 e. The molecule has 0 aliphatic rings. The first kappa shape index (κ1) is 21.9. The van der Waals surface area contributed by atoms with Crippen LogP contribution in [-0.2, 0) is 19.9 Å². The summed E-state index contributed by atoms with van der Waals surface area (Å²) in [5, 5.41) is 2.90. The topological polar surface area (TPSA) is 109 Å². The molecule has 0 saturated heterocycles. The van der Waals surface area contributed by atoms with Crippen molar-refractivity contribution in [3.05, 3.63) is 59.2 Å². The van der Waals surface area contributed by atoms with Crippen molar-refractivity contribution in [2.75, 3.05) is 17.2 Å². The Labute approximate surface area is 166 Å². The molecule has 0 radical (unpaired) electrons. The lowest BCUT2D eigenvalue weighted by Gasteiger charge is -2.18. The second-order valence-electron chi connectivity index (χ2n) is 6.68. The van der Waals surface area contributed by atoms with Crippen LogP contribution in [0.3, 0.4) is 0 Å². The van der Waals surface area contributed by atoms with Gasteiger partial charge < -0.3 is 5.32 Å². The number of amides is 1. The van der Waals surface area contributed by atoms with Gasteiger partial charge in [-0.05, 0) is 48.7 Å². The van der Waals surface area contributed by atoms with Crippen LogP contribution in [0.15, 0.2) is 47.4 Å². The highest BCUT2D eigenvalue weighted by atomic mass is 32.2. The van der Waals surface area contributed by atoms with E-state index in [-0.39, 0.29) is 16.8 Å². The molecule has 0 spiro atoms. The van der Waals surface area contributed by atoms with Crippen molar-refractivity contribution in [3.8, 4) is 0 Å². The van der Waals surface area contributed by atoms with E-state index in [4.69, 9.17) is 0 Å². The van der Waals surface area contributed by atoms with Crippen LogP contribution in [0, 0.1) is 6.92 Å². The number of nitrogens with one attached hydrogen (secondary N) is 2. The quantitative estimate of drug-likeness (QED) is 0.710. The number of carbonyl (C=O) groups is 1. The first-order valence-electron chi connectivity index (χ1n) is 8.60. The molecule has 2 aromatic rings. The predicted molar refractivity (Wildman–Crippen MR) is 110 cm³/mol. The van der Waals surface area contributed by atoms with Gasteiger partial charge in [0.2, 0.25) is 10.0 Å². The fourth-order valence-electron chi connectivity index (χ4n) is 2.68. The molecule has 0 heterocycles. The number of benzene rings is 2. The van der Waals surface area contributed by atoms with Gasteiger partial charge in [0, 0.05) is 11.8 Å². The number of rotatable bonds is 7. The third kappa shape index (κ3) is 5.80. The average molecular weight is 425 g/mol. The molecule has 0 fully saturated rings. The molecular weight excluding hydrogens is 400 g/mol. The molecule has 1 unspecified atom stereocenters. The van der Waals surface area contributed by atoms with Crippen LogP contribution in [-0.4, -0.2) is 35.3 Å². The van der Waals surface area contributed by atoms with Gasteiger partial charge in [0.25, 0.3) is 5.91 Å². The van der Waals surface area contributed by atoms with Crippen LogP contribution in [0.1, 0.15) is 40.9 Å². The van der Waals surface area contributed by atoms with Gasteiger partial charge in [-0.1, -0.05) is 25.1 Å². The van der Waals surface area contributed by atoms with E-state index >= 15 is 0 Å². The number of sulfone groups is 1. The molecule has 2 rings (SSSR count). The zero-order valence-corrected chi connectivity index (χ0v) is 17.8. The van der Waals surface area contributed by atoms with E-state index < -0.39 is 19.9 Å². The van der Waals surface area contributed by atoms with Crippen LogP contribution in [0.2, 0.25) is 0 Å². The molecule has 0 aromatic heterocycles. The summed E-state index contributed by atoms with van der Waals surface area (Å²) in [6.07, 6.45) is 2.79. The lowest BCUT2D eigenvalue weighted by molar-refractivity contribution is 0.0935. The maximum Gasteiger partial charge on any atom is 0.251 e. The zero-order valence-electron chi connectivity index (χ0n) is 16.2. The third-order valence-corrected chi connectivity index (χ3v) is 5.94. The van der Waals surface area contributed by atoms with Gasteiger partial charge in [-0.15, -0.1) is 0 Å². The van der Waals surface area contributed by atoms with Crippen LogP contribution >= 0.6 is 0 Å². The van der Waals surface area contributed by atoms with E-state index in [2.05, 4.69) is 10.0 Å². The predicted octanol–water partition coefficient (Wildman–Crippen LogP) is 2.65. The van der Waals surface area contributed by atoms with E-state index in [9.17, 15) is 21.6 Å². The summed E-state index contributed by atoms with van der Waals surface area (Å²) in [5.74, 6) is -0.351. The largest absolute Gasteiger partial charge is 0.345 e. The number of sulfonamides is 1. The fourth-order valence-corrected chi connectivity index (χ4v) is 3.93. The summed E-state index contributed by atoms with van der Waals surface area (Å²) in [7, 11) is -6.75. The van der Waals surface area contributed by atoms with Crippen molar-refractivity contribution < 1.29 is 21.6 Å². The van der Waals surface area contributed by atoms with Gasteiger partial charge in [-0.25, -0.2) is 16.8 Å². The standard InChI is InChI=1S/C19H24N2O5S2/c1-5-17(14-8-10-16(11-9-14)27(3,23)24)20-19(22)15-7-6-13(2)18(12-15)21-28(4,25)26/h6-12,17,21H,5H2,1-4H3,(H,20,22). The van der Waals surface area contributed by atoms with Crippen LogP contribution < -0.4 is 10.0 Å². The Bertz CT molecular complexity index is 1080. The highest BCUT2D eigenvalue weighted by Crippen LogP contribution is 2.22. The summed E-state index contributed by atoms with van der Waals surface area (Å²) >= 11 is 0. The van der Waals surface area contributed by atoms with Gasteiger partial charge in [-0.3, -0.25) is 9.52 Å². The van der Waals surface area contributed by atoms with Crippen molar-refractivity contribution in [3.63, 3.8) is 0 Å². The Morgan fingerprint density at radius 2 is 1.61 bits per heavy atom. The lowest BCUT2D eigenvalue weighted by Crippen LogP contribution is -2.28. The van der Waals surface area contributed by atoms with E-state index in [1.54, 1.807) is 31.2 Å². The van der Waals surface area contributed by atoms with E-state index in [0.717, 1.165) is 18.1 Å². The van der Waals surface area contributed by atoms with Crippen molar-refractivity contribution in [1.29, 1.82) is 0 Å². The highest BCUT2D eigenvalue weighted by molar-refractivity contribution is 7.92. The molecule has 1 atom stereocenters. The van der Waals surface area contributed by atoms with Crippen molar-refractivity contribution in [1.82, 2.24) is 5.32 Å². The molecule has 1 amide bonds. The number of hydrogen-bond donors (Lipinski definition) is 2. The minimum atomic E-state index is -3.46. The molecule has 0 aliphatic carbocycles. The fraction of sp³-hybridized carbons (Fsp3) is 0.316. The molecular formula is C19H24N2O5S2.